The lowest BCUT2D eigenvalue weighted by atomic mass is 9.98. The van der Waals surface area contributed by atoms with Gasteiger partial charge in [0.2, 0.25) is 5.91 Å². The van der Waals surface area contributed by atoms with Crippen molar-refractivity contribution in [3.05, 3.63) is 59.7 Å². The van der Waals surface area contributed by atoms with Crippen molar-refractivity contribution in [2.24, 2.45) is 0 Å². The monoisotopic (exact) mass is 267 g/mol. The first-order valence-corrected chi connectivity index (χ1v) is 7.00. The van der Waals surface area contributed by atoms with Gasteiger partial charge in [0.15, 0.2) is 0 Å². The van der Waals surface area contributed by atoms with Crippen LogP contribution in [-0.2, 0) is 11.3 Å². The Morgan fingerprint density at radius 1 is 0.950 bits per heavy atom. The summed E-state index contributed by atoms with van der Waals surface area (Å²) in [5.74, 6) is 0.558. The number of hydrogen-bond donors (Lipinski definition) is 1. The molecule has 1 amide bonds. The average Bonchev–Trinajstić information content (AvgIpc) is 2.46. The Morgan fingerprint density at radius 2 is 1.45 bits per heavy atom. The van der Waals surface area contributed by atoms with Gasteiger partial charge in [-0.2, -0.15) is 0 Å². The number of carbonyl (C=O) groups is 1. The van der Waals surface area contributed by atoms with Crippen LogP contribution in [0.15, 0.2) is 48.5 Å². The van der Waals surface area contributed by atoms with E-state index in [1.54, 1.807) is 0 Å². The molecule has 0 aliphatic heterocycles. The van der Waals surface area contributed by atoms with E-state index in [0.29, 0.717) is 12.5 Å². The summed E-state index contributed by atoms with van der Waals surface area (Å²) in [7, 11) is 0. The van der Waals surface area contributed by atoms with Gasteiger partial charge >= 0.3 is 0 Å². The van der Waals surface area contributed by atoms with E-state index in [2.05, 4.69) is 67.7 Å². The van der Waals surface area contributed by atoms with Crippen LogP contribution in [0.2, 0.25) is 0 Å². The van der Waals surface area contributed by atoms with Crippen LogP contribution >= 0.6 is 0 Å². The van der Waals surface area contributed by atoms with E-state index in [4.69, 9.17) is 0 Å². The Kier molecular flexibility index (Phi) is 4.57. The molecule has 2 heteroatoms. The third-order valence-corrected chi connectivity index (χ3v) is 3.41. The van der Waals surface area contributed by atoms with Gasteiger partial charge in [-0.05, 0) is 28.2 Å². The molecule has 0 heterocycles. The first-order valence-electron chi connectivity index (χ1n) is 7.00. The van der Waals surface area contributed by atoms with Crippen molar-refractivity contribution in [1.29, 1.82) is 0 Å². The van der Waals surface area contributed by atoms with Crippen molar-refractivity contribution in [1.82, 2.24) is 5.32 Å². The predicted molar refractivity (Wildman–Crippen MR) is 83.5 cm³/mol. The summed E-state index contributed by atoms with van der Waals surface area (Å²) in [4.78, 5) is 10.9. The number of rotatable bonds is 4. The van der Waals surface area contributed by atoms with Gasteiger partial charge in [0, 0.05) is 13.5 Å². The van der Waals surface area contributed by atoms with E-state index < -0.39 is 0 Å². The maximum atomic E-state index is 10.9. The molecular formula is C18H21NO. The van der Waals surface area contributed by atoms with Gasteiger partial charge in [-0.25, -0.2) is 0 Å². The molecule has 0 aliphatic carbocycles. The molecule has 2 aromatic carbocycles. The molecule has 0 unspecified atom stereocenters. The number of amides is 1. The van der Waals surface area contributed by atoms with Crippen molar-refractivity contribution >= 4 is 5.91 Å². The molecule has 2 rings (SSSR count). The molecule has 0 aromatic heterocycles. The second kappa shape index (κ2) is 6.38. The van der Waals surface area contributed by atoms with Gasteiger partial charge in [-0.15, -0.1) is 0 Å². The zero-order valence-corrected chi connectivity index (χ0v) is 12.3. The zero-order valence-electron chi connectivity index (χ0n) is 12.3. The first-order chi connectivity index (χ1) is 9.56. The predicted octanol–water partition coefficient (Wildman–Crippen LogP) is 4.11. The summed E-state index contributed by atoms with van der Waals surface area (Å²) in [6.45, 7) is 6.52. The van der Waals surface area contributed by atoms with Gasteiger partial charge < -0.3 is 5.32 Å². The molecule has 0 aliphatic rings. The minimum atomic E-state index is -0.00153. The van der Waals surface area contributed by atoms with Crippen LogP contribution in [-0.4, -0.2) is 5.91 Å². The van der Waals surface area contributed by atoms with E-state index in [9.17, 15) is 4.79 Å². The van der Waals surface area contributed by atoms with E-state index in [1.807, 2.05) is 0 Å². The summed E-state index contributed by atoms with van der Waals surface area (Å²) in [6, 6.07) is 17.0. The molecule has 1 N–H and O–H groups in total. The van der Waals surface area contributed by atoms with E-state index in [0.717, 1.165) is 5.56 Å². The summed E-state index contributed by atoms with van der Waals surface area (Å²) in [5, 5.41) is 2.80. The normalized spacial score (nSPS) is 10.6. The Balaban J connectivity index is 2.11. The summed E-state index contributed by atoms with van der Waals surface area (Å²) >= 11 is 0. The molecule has 2 aromatic rings. The van der Waals surface area contributed by atoms with Crippen LogP contribution in [0.3, 0.4) is 0 Å². The fourth-order valence-corrected chi connectivity index (χ4v) is 2.10. The molecule has 20 heavy (non-hydrogen) atoms. The highest BCUT2D eigenvalue weighted by Crippen LogP contribution is 2.23. The van der Waals surface area contributed by atoms with Crippen molar-refractivity contribution in [2.75, 3.05) is 0 Å². The number of carbonyl (C=O) groups excluding carboxylic acids is 1. The van der Waals surface area contributed by atoms with E-state index >= 15 is 0 Å². The molecule has 0 saturated carbocycles. The van der Waals surface area contributed by atoms with E-state index in [1.165, 1.54) is 23.6 Å². The van der Waals surface area contributed by atoms with Crippen molar-refractivity contribution in [3.63, 3.8) is 0 Å². The average molecular weight is 267 g/mol. The van der Waals surface area contributed by atoms with Crippen LogP contribution in [0.4, 0.5) is 0 Å². The number of benzene rings is 2. The van der Waals surface area contributed by atoms with E-state index in [-0.39, 0.29) is 5.91 Å². The van der Waals surface area contributed by atoms with Crippen LogP contribution in [0.25, 0.3) is 11.1 Å². The molecule has 0 saturated heterocycles. The fourth-order valence-electron chi connectivity index (χ4n) is 2.10. The van der Waals surface area contributed by atoms with Gasteiger partial charge in [-0.1, -0.05) is 62.4 Å². The van der Waals surface area contributed by atoms with Gasteiger partial charge in [0.05, 0.1) is 0 Å². The largest absolute Gasteiger partial charge is 0.352 e. The Bertz CT molecular complexity index is 567. The lowest BCUT2D eigenvalue weighted by molar-refractivity contribution is -0.119. The maximum Gasteiger partial charge on any atom is 0.217 e. The quantitative estimate of drug-likeness (QED) is 0.887. The molecule has 0 fully saturated rings. The highest BCUT2D eigenvalue weighted by atomic mass is 16.1. The van der Waals surface area contributed by atoms with Crippen molar-refractivity contribution < 1.29 is 4.79 Å². The minimum Gasteiger partial charge on any atom is -0.352 e. The fraction of sp³-hybridized carbons (Fsp3) is 0.278. The zero-order chi connectivity index (χ0) is 14.5. The van der Waals surface area contributed by atoms with Crippen LogP contribution in [0, 0.1) is 0 Å². The molecule has 0 bridgehead atoms. The Hall–Kier alpha value is -2.09. The SMILES string of the molecule is CC(=O)NCc1ccc(-c2ccc(C(C)C)cc2)cc1. The number of hydrogen-bond acceptors (Lipinski definition) is 1. The summed E-state index contributed by atoms with van der Waals surface area (Å²) in [5.41, 5.74) is 4.89. The highest BCUT2D eigenvalue weighted by molar-refractivity contribution is 5.72. The second-order valence-corrected chi connectivity index (χ2v) is 5.38. The van der Waals surface area contributed by atoms with Crippen LogP contribution < -0.4 is 5.32 Å². The second-order valence-electron chi connectivity index (χ2n) is 5.38. The van der Waals surface area contributed by atoms with Gasteiger partial charge in [0.25, 0.3) is 0 Å². The lowest BCUT2D eigenvalue weighted by Gasteiger charge is -2.08. The molecule has 0 atom stereocenters. The third kappa shape index (κ3) is 3.70. The lowest BCUT2D eigenvalue weighted by Crippen LogP contribution is -2.18. The highest BCUT2D eigenvalue weighted by Gasteiger charge is 2.01. The Labute approximate surface area is 120 Å². The summed E-state index contributed by atoms with van der Waals surface area (Å²) < 4.78 is 0. The molecule has 104 valence electrons. The van der Waals surface area contributed by atoms with Crippen molar-refractivity contribution in [3.8, 4) is 11.1 Å². The standard InChI is InChI=1S/C18H21NO/c1-13(2)16-8-10-18(11-9-16)17-6-4-15(5-7-17)12-19-14(3)20/h4-11,13H,12H2,1-3H3,(H,19,20). The molecule has 0 radical (unpaired) electrons. The maximum absolute atomic E-state index is 10.9. The molecule has 0 spiro atoms. The smallest absolute Gasteiger partial charge is 0.217 e. The summed E-state index contributed by atoms with van der Waals surface area (Å²) in [6.07, 6.45) is 0. The first kappa shape index (κ1) is 14.3. The number of nitrogens with one attached hydrogen (secondary N) is 1. The van der Waals surface area contributed by atoms with Crippen molar-refractivity contribution in [2.45, 2.75) is 33.2 Å². The van der Waals surface area contributed by atoms with Gasteiger partial charge in [0.1, 0.15) is 0 Å². The topological polar surface area (TPSA) is 29.1 Å². The minimum absolute atomic E-state index is 0.00153. The Morgan fingerprint density at radius 3 is 1.90 bits per heavy atom. The van der Waals surface area contributed by atoms with Gasteiger partial charge in [-0.3, -0.25) is 4.79 Å². The van der Waals surface area contributed by atoms with Crippen LogP contribution in [0.5, 0.6) is 0 Å². The molecule has 2 nitrogen and oxygen atoms in total. The third-order valence-electron chi connectivity index (χ3n) is 3.41. The van der Waals surface area contributed by atoms with Crippen LogP contribution in [0.1, 0.15) is 37.8 Å². The molecular weight excluding hydrogens is 246 g/mol.